The van der Waals surface area contributed by atoms with Crippen LogP contribution in [0.2, 0.25) is 0 Å². The van der Waals surface area contributed by atoms with Crippen LogP contribution in [0.4, 0.5) is 0 Å². The summed E-state index contributed by atoms with van der Waals surface area (Å²) in [7, 11) is 1.46. The van der Waals surface area contributed by atoms with Crippen LogP contribution in [0.25, 0.3) is 6.08 Å². The highest BCUT2D eigenvalue weighted by atomic mass is 16.5. The third-order valence-electron chi connectivity index (χ3n) is 4.77. The summed E-state index contributed by atoms with van der Waals surface area (Å²) in [6.45, 7) is 3.81. The van der Waals surface area contributed by atoms with Crippen molar-refractivity contribution >= 4 is 11.9 Å². The van der Waals surface area contributed by atoms with Gasteiger partial charge in [0.15, 0.2) is 17.3 Å². The van der Waals surface area contributed by atoms with E-state index >= 15 is 0 Å². The van der Waals surface area contributed by atoms with Gasteiger partial charge in [0.2, 0.25) is 0 Å². The van der Waals surface area contributed by atoms with Crippen molar-refractivity contribution < 1.29 is 29.2 Å². The van der Waals surface area contributed by atoms with Crippen LogP contribution in [0.3, 0.4) is 0 Å². The number of carbonyl (C=O) groups is 1. The molecule has 6 heteroatoms. The van der Waals surface area contributed by atoms with Gasteiger partial charge < -0.3 is 24.4 Å². The molecule has 140 valence electrons. The van der Waals surface area contributed by atoms with Gasteiger partial charge in [-0.15, -0.1) is 0 Å². The number of ketones is 1. The molecule has 0 radical (unpaired) electrons. The second-order valence-electron chi connectivity index (χ2n) is 7.22. The van der Waals surface area contributed by atoms with Gasteiger partial charge in [-0.2, -0.15) is 0 Å². The van der Waals surface area contributed by atoms with Gasteiger partial charge in [0.25, 0.3) is 0 Å². The molecule has 1 unspecified atom stereocenters. The topological polar surface area (TPSA) is 85.2 Å². The number of fused-ring (bicyclic) bond motifs is 3. The number of rotatable bonds is 2. The average Bonchev–Trinajstić information content (AvgIpc) is 2.60. The van der Waals surface area contributed by atoms with Crippen LogP contribution < -0.4 is 14.2 Å². The smallest absolute Gasteiger partial charge is 0.174 e. The standard InChI is InChI=1S/C21H20O6/c1-21(2)7-6-12-17(27-21)10-15(24)19-14(23)9-16(26-20(12)19)11-4-5-13(22)18(8-11)25-3/h4-8,10,16,22,24H,9H2,1-3H3. The third kappa shape index (κ3) is 2.87. The van der Waals surface area contributed by atoms with E-state index in [0.717, 1.165) is 0 Å². The summed E-state index contributed by atoms with van der Waals surface area (Å²) >= 11 is 0. The number of aromatic hydroxyl groups is 2. The summed E-state index contributed by atoms with van der Waals surface area (Å²) < 4.78 is 17.2. The number of hydrogen-bond acceptors (Lipinski definition) is 6. The molecule has 2 heterocycles. The van der Waals surface area contributed by atoms with Gasteiger partial charge in [-0.25, -0.2) is 0 Å². The number of benzene rings is 2. The first-order valence-corrected chi connectivity index (χ1v) is 8.64. The molecule has 4 rings (SSSR count). The second-order valence-corrected chi connectivity index (χ2v) is 7.22. The Labute approximate surface area is 156 Å². The fraction of sp³-hybridized carbons (Fsp3) is 0.286. The fourth-order valence-electron chi connectivity index (χ4n) is 3.41. The molecule has 2 N–H and O–H groups in total. The largest absolute Gasteiger partial charge is 0.507 e. The lowest BCUT2D eigenvalue weighted by Gasteiger charge is -2.32. The summed E-state index contributed by atoms with van der Waals surface area (Å²) in [6.07, 6.45) is 3.25. The zero-order valence-electron chi connectivity index (χ0n) is 15.3. The van der Waals surface area contributed by atoms with Crippen LogP contribution in [0.15, 0.2) is 30.3 Å². The maximum absolute atomic E-state index is 12.7. The van der Waals surface area contributed by atoms with Crippen molar-refractivity contribution in [1.29, 1.82) is 0 Å². The van der Waals surface area contributed by atoms with E-state index in [0.29, 0.717) is 28.4 Å². The van der Waals surface area contributed by atoms with E-state index < -0.39 is 11.7 Å². The van der Waals surface area contributed by atoms with Gasteiger partial charge in [-0.3, -0.25) is 4.79 Å². The highest BCUT2D eigenvalue weighted by Crippen LogP contribution is 2.48. The van der Waals surface area contributed by atoms with E-state index in [-0.39, 0.29) is 29.3 Å². The normalized spacial score (nSPS) is 19.5. The molecular weight excluding hydrogens is 348 g/mol. The van der Waals surface area contributed by atoms with Gasteiger partial charge in [-0.05, 0) is 43.7 Å². The molecule has 0 aromatic heterocycles. The number of Topliss-reactive ketones (excluding diaryl/α,β-unsaturated/α-hetero) is 1. The van der Waals surface area contributed by atoms with Crippen LogP contribution in [0.1, 0.15) is 47.9 Å². The first-order valence-electron chi connectivity index (χ1n) is 8.64. The van der Waals surface area contributed by atoms with Gasteiger partial charge in [0, 0.05) is 6.07 Å². The Morgan fingerprint density at radius 3 is 2.70 bits per heavy atom. The van der Waals surface area contributed by atoms with Crippen LogP contribution in [0, 0.1) is 0 Å². The Kier molecular flexibility index (Phi) is 3.80. The van der Waals surface area contributed by atoms with Crippen LogP contribution >= 0.6 is 0 Å². The van der Waals surface area contributed by atoms with E-state index in [9.17, 15) is 15.0 Å². The maximum Gasteiger partial charge on any atom is 0.174 e. The van der Waals surface area contributed by atoms with Crippen molar-refractivity contribution in [3.8, 4) is 28.7 Å². The molecule has 2 aromatic carbocycles. The summed E-state index contributed by atoms with van der Waals surface area (Å²) in [6, 6.07) is 6.29. The molecule has 0 saturated heterocycles. The molecule has 27 heavy (non-hydrogen) atoms. The van der Waals surface area contributed by atoms with Gasteiger partial charge >= 0.3 is 0 Å². The summed E-state index contributed by atoms with van der Waals surface area (Å²) in [5.41, 5.74) is 0.979. The predicted molar refractivity (Wildman–Crippen MR) is 98.8 cm³/mol. The van der Waals surface area contributed by atoms with E-state index in [1.807, 2.05) is 26.0 Å². The fourth-order valence-corrected chi connectivity index (χ4v) is 3.41. The monoisotopic (exact) mass is 368 g/mol. The van der Waals surface area contributed by atoms with E-state index in [2.05, 4.69) is 0 Å². The molecule has 0 bridgehead atoms. The number of methoxy groups -OCH3 is 1. The lowest BCUT2D eigenvalue weighted by Crippen LogP contribution is -2.29. The minimum Gasteiger partial charge on any atom is -0.507 e. The van der Waals surface area contributed by atoms with Crippen molar-refractivity contribution in [2.75, 3.05) is 7.11 Å². The third-order valence-corrected chi connectivity index (χ3v) is 4.77. The second kappa shape index (κ2) is 5.94. The highest BCUT2D eigenvalue weighted by Gasteiger charge is 2.35. The van der Waals surface area contributed by atoms with Crippen molar-refractivity contribution in [3.63, 3.8) is 0 Å². The molecule has 2 aliphatic heterocycles. The minimum absolute atomic E-state index is 0.0115. The molecule has 1 atom stereocenters. The zero-order valence-corrected chi connectivity index (χ0v) is 15.3. The number of ether oxygens (including phenoxy) is 3. The van der Waals surface area contributed by atoms with Crippen LogP contribution in [0.5, 0.6) is 28.7 Å². The molecule has 0 fully saturated rings. The summed E-state index contributed by atoms with van der Waals surface area (Å²) in [5.74, 6) is 0.726. The molecule has 2 aliphatic rings. The van der Waals surface area contributed by atoms with Crippen LogP contribution in [-0.4, -0.2) is 28.7 Å². The first-order chi connectivity index (χ1) is 12.8. The molecule has 0 saturated carbocycles. The number of phenolic OH excluding ortho intramolecular Hbond substituents is 2. The lowest BCUT2D eigenvalue weighted by atomic mass is 9.91. The SMILES string of the molecule is COc1cc(C2CC(=O)c3c(O)cc4c(c3O2)C=CC(C)(C)O4)ccc1O. The Bertz CT molecular complexity index is 973. The van der Waals surface area contributed by atoms with Crippen molar-refractivity contribution in [3.05, 3.63) is 47.0 Å². The maximum atomic E-state index is 12.7. The number of hydrogen-bond donors (Lipinski definition) is 2. The molecule has 0 amide bonds. The molecule has 2 aromatic rings. The Hall–Kier alpha value is -3.15. The Balaban J connectivity index is 1.80. The highest BCUT2D eigenvalue weighted by molar-refractivity contribution is 6.04. The van der Waals surface area contributed by atoms with Gasteiger partial charge in [-0.1, -0.05) is 6.07 Å². The zero-order chi connectivity index (χ0) is 19.3. The minimum atomic E-state index is -0.561. The summed E-state index contributed by atoms with van der Waals surface area (Å²) in [5, 5.41) is 20.2. The van der Waals surface area contributed by atoms with E-state index in [1.165, 1.54) is 19.2 Å². The van der Waals surface area contributed by atoms with Crippen molar-refractivity contribution in [1.82, 2.24) is 0 Å². The molecule has 0 aliphatic carbocycles. The first kappa shape index (κ1) is 17.3. The van der Waals surface area contributed by atoms with Gasteiger partial charge in [0.1, 0.15) is 34.5 Å². The average molecular weight is 368 g/mol. The number of carbonyl (C=O) groups excluding carboxylic acids is 1. The lowest BCUT2D eigenvalue weighted by molar-refractivity contribution is 0.0841. The molecule has 6 nitrogen and oxygen atoms in total. The number of phenols is 2. The van der Waals surface area contributed by atoms with Gasteiger partial charge in [0.05, 0.1) is 19.1 Å². The van der Waals surface area contributed by atoms with E-state index in [4.69, 9.17) is 14.2 Å². The predicted octanol–water partition coefficient (Wildman–Crippen LogP) is 4.00. The van der Waals surface area contributed by atoms with Crippen molar-refractivity contribution in [2.24, 2.45) is 0 Å². The van der Waals surface area contributed by atoms with E-state index in [1.54, 1.807) is 12.1 Å². The van der Waals surface area contributed by atoms with Crippen LogP contribution in [-0.2, 0) is 0 Å². The molecular formula is C21H20O6. The quantitative estimate of drug-likeness (QED) is 0.833. The summed E-state index contributed by atoms with van der Waals surface area (Å²) in [4.78, 5) is 12.7. The van der Waals surface area contributed by atoms with Crippen molar-refractivity contribution in [2.45, 2.75) is 32.0 Å². The Morgan fingerprint density at radius 1 is 1.19 bits per heavy atom. The Morgan fingerprint density at radius 2 is 1.96 bits per heavy atom. The molecule has 0 spiro atoms.